The van der Waals surface area contributed by atoms with Gasteiger partial charge in [0.05, 0.1) is 16.9 Å². The second kappa shape index (κ2) is 7.66. The molecule has 0 radical (unpaired) electrons. The quantitative estimate of drug-likeness (QED) is 0.508. The summed E-state index contributed by atoms with van der Waals surface area (Å²) >= 11 is 0. The van der Waals surface area contributed by atoms with E-state index in [1.807, 2.05) is 0 Å². The van der Waals surface area contributed by atoms with E-state index < -0.39 is 16.4 Å². The lowest BCUT2D eigenvalue weighted by Crippen LogP contribution is -2.27. The number of ether oxygens (including phenoxy) is 2. The van der Waals surface area contributed by atoms with Gasteiger partial charge in [-0.2, -0.15) is 0 Å². The van der Waals surface area contributed by atoms with Gasteiger partial charge in [-0.15, -0.1) is 0 Å². The molecule has 30 heavy (non-hydrogen) atoms. The van der Waals surface area contributed by atoms with Crippen molar-refractivity contribution in [1.82, 2.24) is 9.55 Å². The summed E-state index contributed by atoms with van der Waals surface area (Å²) in [7, 11) is 0. The Morgan fingerprint density at radius 1 is 1.20 bits per heavy atom. The highest BCUT2D eigenvalue weighted by Gasteiger charge is 2.15. The SMILES string of the molecule is Cc1cc([N+](=O)[O-])ccc1NC(=O)Cn1cnc(-c2ccc3c(c2)OCO3)cc1=O. The number of rotatable bonds is 5. The van der Waals surface area contributed by atoms with Gasteiger partial charge in [-0.3, -0.25) is 24.3 Å². The smallest absolute Gasteiger partial charge is 0.269 e. The van der Waals surface area contributed by atoms with Crippen molar-refractivity contribution >= 4 is 17.3 Å². The van der Waals surface area contributed by atoms with Gasteiger partial charge in [0.1, 0.15) is 6.54 Å². The van der Waals surface area contributed by atoms with E-state index in [4.69, 9.17) is 9.47 Å². The summed E-state index contributed by atoms with van der Waals surface area (Å²) in [5.74, 6) is 0.758. The van der Waals surface area contributed by atoms with Crippen LogP contribution in [0.1, 0.15) is 5.56 Å². The van der Waals surface area contributed by atoms with Crippen molar-refractivity contribution in [2.24, 2.45) is 0 Å². The van der Waals surface area contributed by atoms with Crippen LogP contribution in [0.15, 0.2) is 53.6 Å². The number of carbonyl (C=O) groups excluding carboxylic acids is 1. The maximum atomic E-state index is 12.4. The predicted molar refractivity (Wildman–Crippen MR) is 107 cm³/mol. The van der Waals surface area contributed by atoms with E-state index in [1.165, 1.54) is 35.2 Å². The maximum Gasteiger partial charge on any atom is 0.269 e. The molecule has 1 aliphatic heterocycles. The number of non-ortho nitro benzene ring substituents is 1. The van der Waals surface area contributed by atoms with E-state index in [0.29, 0.717) is 34.0 Å². The Bertz CT molecular complexity index is 1220. The molecule has 2 aromatic carbocycles. The average Bonchev–Trinajstić information content (AvgIpc) is 3.18. The molecule has 1 aliphatic rings. The van der Waals surface area contributed by atoms with Crippen LogP contribution in [0, 0.1) is 17.0 Å². The highest BCUT2D eigenvalue weighted by atomic mass is 16.7. The summed E-state index contributed by atoms with van der Waals surface area (Å²) < 4.78 is 11.8. The zero-order chi connectivity index (χ0) is 21.3. The van der Waals surface area contributed by atoms with Crippen molar-refractivity contribution in [3.63, 3.8) is 0 Å². The van der Waals surface area contributed by atoms with Crippen molar-refractivity contribution in [3.8, 4) is 22.8 Å². The second-order valence-corrected chi connectivity index (χ2v) is 6.61. The van der Waals surface area contributed by atoms with Crippen LogP contribution in [0.3, 0.4) is 0 Å². The lowest BCUT2D eigenvalue weighted by molar-refractivity contribution is -0.384. The lowest BCUT2D eigenvalue weighted by atomic mass is 10.1. The number of aryl methyl sites for hydroxylation is 1. The van der Waals surface area contributed by atoms with Gasteiger partial charge in [-0.05, 0) is 36.8 Å². The van der Waals surface area contributed by atoms with Gasteiger partial charge in [0, 0.05) is 29.4 Å². The number of hydrogen-bond donors (Lipinski definition) is 1. The molecule has 0 spiro atoms. The number of amides is 1. The fourth-order valence-electron chi connectivity index (χ4n) is 3.00. The Hall–Kier alpha value is -4.21. The molecule has 0 fully saturated rings. The van der Waals surface area contributed by atoms with E-state index in [0.717, 1.165) is 0 Å². The van der Waals surface area contributed by atoms with Crippen molar-refractivity contribution in [2.45, 2.75) is 13.5 Å². The van der Waals surface area contributed by atoms with Crippen molar-refractivity contribution in [3.05, 3.63) is 74.8 Å². The average molecular weight is 408 g/mol. The van der Waals surface area contributed by atoms with Gasteiger partial charge in [0.15, 0.2) is 11.5 Å². The third kappa shape index (κ3) is 3.83. The fourth-order valence-corrected chi connectivity index (χ4v) is 3.00. The first-order valence-corrected chi connectivity index (χ1v) is 8.92. The van der Waals surface area contributed by atoms with Crippen molar-refractivity contribution in [2.75, 3.05) is 12.1 Å². The predicted octanol–water partition coefficient (Wildman–Crippen LogP) is 2.49. The van der Waals surface area contributed by atoms with Crippen LogP contribution in [0.4, 0.5) is 11.4 Å². The molecule has 0 bridgehead atoms. The minimum atomic E-state index is -0.508. The largest absolute Gasteiger partial charge is 0.454 e. The summed E-state index contributed by atoms with van der Waals surface area (Å²) in [5.41, 5.74) is 1.65. The molecule has 0 unspecified atom stereocenters. The second-order valence-electron chi connectivity index (χ2n) is 6.61. The summed E-state index contributed by atoms with van der Waals surface area (Å²) in [6, 6.07) is 10.7. The molecular formula is C20H16N4O6. The zero-order valence-electron chi connectivity index (χ0n) is 15.8. The first kappa shape index (κ1) is 19.1. The number of nitro groups is 1. The molecule has 10 heteroatoms. The standard InChI is InChI=1S/C20H16N4O6/c1-12-6-14(24(27)28)3-4-15(12)22-19(25)9-23-10-21-16(8-20(23)26)13-2-5-17-18(7-13)30-11-29-17/h2-8,10H,9,11H2,1H3,(H,22,25). The molecule has 2 heterocycles. The molecule has 4 rings (SSSR count). The van der Waals surface area contributed by atoms with Gasteiger partial charge < -0.3 is 14.8 Å². The number of anilines is 1. The third-order valence-corrected chi connectivity index (χ3v) is 4.56. The number of fused-ring (bicyclic) bond motifs is 1. The fraction of sp³-hybridized carbons (Fsp3) is 0.150. The lowest BCUT2D eigenvalue weighted by Gasteiger charge is -2.10. The van der Waals surface area contributed by atoms with Gasteiger partial charge in [-0.1, -0.05) is 0 Å². The monoisotopic (exact) mass is 408 g/mol. The van der Waals surface area contributed by atoms with E-state index in [-0.39, 0.29) is 19.0 Å². The molecule has 0 saturated heterocycles. The van der Waals surface area contributed by atoms with Gasteiger partial charge in [0.2, 0.25) is 12.7 Å². The normalized spacial score (nSPS) is 11.9. The molecule has 1 N–H and O–H groups in total. The number of nitrogens with one attached hydrogen (secondary N) is 1. The van der Waals surface area contributed by atoms with Crippen LogP contribution in [0.5, 0.6) is 11.5 Å². The molecule has 0 saturated carbocycles. The van der Waals surface area contributed by atoms with Gasteiger partial charge >= 0.3 is 0 Å². The number of aromatic nitrogens is 2. The third-order valence-electron chi connectivity index (χ3n) is 4.56. The van der Waals surface area contributed by atoms with Crippen LogP contribution in [-0.2, 0) is 11.3 Å². The summed E-state index contributed by atoms with van der Waals surface area (Å²) in [4.78, 5) is 39.3. The molecule has 152 valence electrons. The van der Waals surface area contributed by atoms with Crippen LogP contribution in [0.25, 0.3) is 11.3 Å². The molecule has 0 atom stereocenters. The Morgan fingerprint density at radius 3 is 2.73 bits per heavy atom. The highest BCUT2D eigenvalue weighted by molar-refractivity contribution is 5.91. The molecule has 10 nitrogen and oxygen atoms in total. The minimum absolute atomic E-state index is 0.0648. The summed E-state index contributed by atoms with van der Waals surface area (Å²) in [6.45, 7) is 1.55. The Balaban J connectivity index is 1.48. The Morgan fingerprint density at radius 2 is 2.00 bits per heavy atom. The van der Waals surface area contributed by atoms with Crippen LogP contribution in [0.2, 0.25) is 0 Å². The molecular weight excluding hydrogens is 392 g/mol. The number of hydrogen-bond acceptors (Lipinski definition) is 7. The summed E-state index contributed by atoms with van der Waals surface area (Å²) in [6.07, 6.45) is 1.30. The van der Waals surface area contributed by atoms with E-state index in [1.54, 1.807) is 25.1 Å². The Labute approximate surface area is 169 Å². The zero-order valence-corrected chi connectivity index (χ0v) is 15.8. The van der Waals surface area contributed by atoms with Gasteiger partial charge in [0.25, 0.3) is 11.2 Å². The number of nitro benzene ring substituents is 1. The van der Waals surface area contributed by atoms with E-state index in [9.17, 15) is 19.7 Å². The van der Waals surface area contributed by atoms with Crippen molar-refractivity contribution < 1.29 is 19.2 Å². The minimum Gasteiger partial charge on any atom is -0.454 e. The first-order valence-electron chi connectivity index (χ1n) is 8.92. The van der Waals surface area contributed by atoms with Crippen LogP contribution in [-0.4, -0.2) is 27.2 Å². The number of benzene rings is 2. The molecule has 1 aromatic heterocycles. The summed E-state index contributed by atoms with van der Waals surface area (Å²) in [5, 5.41) is 13.5. The molecule has 0 aliphatic carbocycles. The molecule has 1 amide bonds. The maximum absolute atomic E-state index is 12.4. The topological polar surface area (TPSA) is 126 Å². The number of nitrogens with zero attached hydrogens (tertiary/aromatic N) is 3. The van der Waals surface area contributed by atoms with E-state index in [2.05, 4.69) is 10.3 Å². The Kier molecular flexibility index (Phi) is 4.88. The molecule has 3 aromatic rings. The van der Waals surface area contributed by atoms with Crippen LogP contribution >= 0.6 is 0 Å². The van der Waals surface area contributed by atoms with Crippen LogP contribution < -0.4 is 20.3 Å². The van der Waals surface area contributed by atoms with Crippen molar-refractivity contribution in [1.29, 1.82) is 0 Å². The first-order chi connectivity index (χ1) is 14.4. The van der Waals surface area contributed by atoms with E-state index >= 15 is 0 Å². The number of carbonyl (C=O) groups is 1. The van der Waals surface area contributed by atoms with Gasteiger partial charge in [-0.25, -0.2) is 4.98 Å². The highest BCUT2D eigenvalue weighted by Crippen LogP contribution is 2.35.